The third-order valence-corrected chi connectivity index (χ3v) is 2.27. The number of hydrogen-bond acceptors (Lipinski definition) is 2. The number of benzene rings is 1. The fourth-order valence-corrected chi connectivity index (χ4v) is 1.56. The normalized spacial score (nSPS) is 10.8. The topological polar surface area (TPSA) is 38.3 Å². The Kier molecular flexibility index (Phi) is 4.82. The minimum absolute atomic E-state index is 0.0582. The van der Waals surface area contributed by atoms with Crippen molar-refractivity contribution in [3.63, 3.8) is 0 Å². The molecule has 0 saturated carbocycles. The van der Waals surface area contributed by atoms with Crippen LogP contribution in [0.15, 0.2) is 18.2 Å². The fourth-order valence-electron chi connectivity index (χ4n) is 1.34. The number of amides is 1. The van der Waals surface area contributed by atoms with Crippen molar-refractivity contribution in [1.82, 2.24) is 5.32 Å². The highest BCUT2D eigenvalue weighted by Gasteiger charge is 2.10. The van der Waals surface area contributed by atoms with Gasteiger partial charge in [-0.15, -0.1) is 0 Å². The molecule has 0 fully saturated rings. The van der Waals surface area contributed by atoms with E-state index in [2.05, 4.69) is 5.32 Å². The third kappa shape index (κ3) is 4.27. The van der Waals surface area contributed by atoms with Gasteiger partial charge in [-0.2, -0.15) is 0 Å². The molecule has 0 radical (unpaired) electrons. The Bertz CT molecular complexity index is 402. The van der Waals surface area contributed by atoms with Gasteiger partial charge in [0.1, 0.15) is 5.75 Å². The maximum Gasteiger partial charge on any atom is 0.251 e. The van der Waals surface area contributed by atoms with Gasteiger partial charge in [0, 0.05) is 11.6 Å². The first-order chi connectivity index (χ1) is 7.90. The highest BCUT2D eigenvalue weighted by molar-refractivity contribution is 6.32. The van der Waals surface area contributed by atoms with Crippen molar-refractivity contribution >= 4 is 17.5 Å². The molecule has 94 valence electrons. The molecule has 4 heteroatoms. The van der Waals surface area contributed by atoms with Crippen molar-refractivity contribution in [2.75, 3.05) is 0 Å². The molecule has 17 heavy (non-hydrogen) atoms. The van der Waals surface area contributed by atoms with Gasteiger partial charge in [-0.25, -0.2) is 0 Å². The largest absolute Gasteiger partial charge is 0.489 e. The summed E-state index contributed by atoms with van der Waals surface area (Å²) in [6.07, 6.45) is 0.0582. The molecule has 1 aromatic rings. The Balaban J connectivity index is 2.85. The Morgan fingerprint density at radius 1 is 1.29 bits per heavy atom. The summed E-state index contributed by atoms with van der Waals surface area (Å²) < 4.78 is 5.50. The van der Waals surface area contributed by atoms with Crippen LogP contribution in [0.4, 0.5) is 0 Å². The van der Waals surface area contributed by atoms with E-state index in [9.17, 15) is 4.79 Å². The lowest BCUT2D eigenvalue weighted by molar-refractivity contribution is 0.0943. The third-order valence-electron chi connectivity index (χ3n) is 1.98. The second-order valence-electron chi connectivity index (χ2n) is 4.44. The predicted octanol–water partition coefficient (Wildman–Crippen LogP) is 3.27. The molecule has 1 N–H and O–H groups in total. The summed E-state index contributed by atoms with van der Waals surface area (Å²) >= 11 is 6.05. The van der Waals surface area contributed by atoms with E-state index in [0.29, 0.717) is 16.3 Å². The SMILES string of the molecule is CC(C)NC(=O)c1ccc(OC(C)C)c(Cl)c1. The first-order valence-electron chi connectivity index (χ1n) is 5.67. The van der Waals surface area contributed by atoms with E-state index in [-0.39, 0.29) is 18.1 Å². The molecule has 0 aliphatic carbocycles. The maximum absolute atomic E-state index is 11.7. The molecule has 0 heterocycles. The maximum atomic E-state index is 11.7. The minimum atomic E-state index is -0.127. The lowest BCUT2D eigenvalue weighted by atomic mass is 10.2. The summed E-state index contributed by atoms with van der Waals surface area (Å²) in [5, 5.41) is 3.26. The van der Waals surface area contributed by atoms with Crippen LogP contribution >= 0.6 is 11.6 Å². The minimum Gasteiger partial charge on any atom is -0.489 e. The molecule has 0 atom stereocenters. The molecule has 0 saturated heterocycles. The number of carbonyl (C=O) groups excluding carboxylic acids is 1. The molecule has 0 aliphatic rings. The van der Waals surface area contributed by atoms with Crippen LogP contribution in [-0.4, -0.2) is 18.1 Å². The summed E-state index contributed by atoms with van der Waals surface area (Å²) in [6, 6.07) is 5.16. The summed E-state index contributed by atoms with van der Waals surface area (Å²) in [6.45, 7) is 7.68. The van der Waals surface area contributed by atoms with Crippen LogP contribution in [0.5, 0.6) is 5.75 Å². The van der Waals surface area contributed by atoms with Gasteiger partial charge < -0.3 is 10.1 Å². The average Bonchev–Trinajstić information content (AvgIpc) is 2.19. The number of carbonyl (C=O) groups is 1. The van der Waals surface area contributed by atoms with Crippen LogP contribution in [0.1, 0.15) is 38.1 Å². The van der Waals surface area contributed by atoms with Crippen molar-refractivity contribution in [3.05, 3.63) is 28.8 Å². The molecule has 0 aliphatic heterocycles. The second kappa shape index (κ2) is 5.92. The molecule has 1 amide bonds. The Morgan fingerprint density at radius 3 is 2.41 bits per heavy atom. The van der Waals surface area contributed by atoms with Crippen LogP contribution in [0, 0.1) is 0 Å². The number of ether oxygens (including phenoxy) is 1. The monoisotopic (exact) mass is 255 g/mol. The molecular weight excluding hydrogens is 238 g/mol. The zero-order chi connectivity index (χ0) is 13.0. The Morgan fingerprint density at radius 2 is 1.94 bits per heavy atom. The lowest BCUT2D eigenvalue weighted by Gasteiger charge is -2.13. The van der Waals surface area contributed by atoms with E-state index in [1.54, 1.807) is 18.2 Å². The van der Waals surface area contributed by atoms with Gasteiger partial charge in [-0.1, -0.05) is 11.6 Å². The fraction of sp³-hybridized carbons (Fsp3) is 0.462. The van der Waals surface area contributed by atoms with E-state index in [1.807, 2.05) is 27.7 Å². The number of halogens is 1. The van der Waals surface area contributed by atoms with E-state index in [4.69, 9.17) is 16.3 Å². The van der Waals surface area contributed by atoms with Gasteiger partial charge >= 0.3 is 0 Å². The van der Waals surface area contributed by atoms with Crippen LogP contribution in [0.2, 0.25) is 5.02 Å². The zero-order valence-electron chi connectivity index (χ0n) is 10.6. The van der Waals surface area contributed by atoms with Gasteiger partial charge in [0.2, 0.25) is 0 Å². The highest BCUT2D eigenvalue weighted by Crippen LogP contribution is 2.26. The highest BCUT2D eigenvalue weighted by atomic mass is 35.5. The molecule has 0 unspecified atom stereocenters. The quantitative estimate of drug-likeness (QED) is 0.897. The molecule has 1 rings (SSSR count). The van der Waals surface area contributed by atoms with Crippen molar-refractivity contribution in [2.45, 2.75) is 39.8 Å². The van der Waals surface area contributed by atoms with Gasteiger partial charge in [0.15, 0.2) is 0 Å². The van der Waals surface area contributed by atoms with Crippen molar-refractivity contribution < 1.29 is 9.53 Å². The number of rotatable bonds is 4. The van der Waals surface area contributed by atoms with Crippen LogP contribution < -0.4 is 10.1 Å². The van der Waals surface area contributed by atoms with Crippen LogP contribution in [0.25, 0.3) is 0 Å². The summed E-state index contributed by atoms with van der Waals surface area (Å²) in [5.74, 6) is 0.473. The first-order valence-corrected chi connectivity index (χ1v) is 6.05. The predicted molar refractivity (Wildman–Crippen MR) is 69.8 cm³/mol. The molecule has 0 aromatic heterocycles. The van der Waals surface area contributed by atoms with E-state index < -0.39 is 0 Å². The zero-order valence-corrected chi connectivity index (χ0v) is 11.3. The Labute approximate surface area is 107 Å². The number of nitrogens with one attached hydrogen (secondary N) is 1. The molecule has 0 spiro atoms. The summed E-state index contributed by atoms with van der Waals surface area (Å²) in [7, 11) is 0. The second-order valence-corrected chi connectivity index (χ2v) is 4.85. The average molecular weight is 256 g/mol. The van der Waals surface area contributed by atoms with E-state index in [0.717, 1.165) is 0 Å². The lowest BCUT2D eigenvalue weighted by Crippen LogP contribution is -2.30. The molecular formula is C13H18ClNO2. The molecule has 1 aromatic carbocycles. The van der Waals surface area contributed by atoms with Crippen LogP contribution in [0.3, 0.4) is 0 Å². The van der Waals surface area contributed by atoms with Crippen LogP contribution in [-0.2, 0) is 0 Å². The van der Waals surface area contributed by atoms with E-state index >= 15 is 0 Å². The van der Waals surface area contributed by atoms with Gasteiger partial charge in [0.05, 0.1) is 11.1 Å². The van der Waals surface area contributed by atoms with Crippen molar-refractivity contribution in [1.29, 1.82) is 0 Å². The Hall–Kier alpha value is -1.22. The summed E-state index contributed by atoms with van der Waals surface area (Å²) in [4.78, 5) is 11.7. The smallest absolute Gasteiger partial charge is 0.251 e. The molecule has 0 bridgehead atoms. The standard InChI is InChI=1S/C13H18ClNO2/c1-8(2)15-13(16)10-5-6-12(11(14)7-10)17-9(3)4/h5-9H,1-4H3,(H,15,16). The summed E-state index contributed by atoms with van der Waals surface area (Å²) in [5.41, 5.74) is 0.541. The van der Waals surface area contributed by atoms with Crippen molar-refractivity contribution in [3.8, 4) is 5.75 Å². The van der Waals surface area contributed by atoms with Gasteiger partial charge in [-0.05, 0) is 45.9 Å². The van der Waals surface area contributed by atoms with Gasteiger partial charge in [0.25, 0.3) is 5.91 Å². The molecule has 3 nitrogen and oxygen atoms in total. The van der Waals surface area contributed by atoms with E-state index in [1.165, 1.54) is 0 Å². The number of hydrogen-bond donors (Lipinski definition) is 1. The van der Waals surface area contributed by atoms with Crippen molar-refractivity contribution in [2.24, 2.45) is 0 Å². The first kappa shape index (κ1) is 13.8. The van der Waals surface area contributed by atoms with Gasteiger partial charge in [-0.3, -0.25) is 4.79 Å².